The van der Waals surface area contributed by atoms with Crippen LogP contribution in [0.3, 0.4) is 0 Å². The fraction of sp³-hybridized carbons (Fsp3) is 0.300. The van der Waals surface area contributed by atoms with Gasteiger partial charge in [0, 0.05) is 6.42 Å². The molecule has 232 valence electrons. The van der Waals surface area contributed by atoms with E-state index in [1.165, 1.54) is 63.4 Å². The number of thiophene rings is 1. The van der Waals surface area contributed by atoms with Crippen molar-refractivity contribution in [3.05, 3.63) is 86.6 Å². The molecule has 1 heterocycles. The number of nitrogens with one attached hydrogen (secondary N) is 3. The number of ketones is 1. The third kappa shape index (κ3) is 9.05. The molecule has 44 heavy (non-hydrogen) atoms. The van der Waals surface area contributed by atoms with Crippen LogP contribution in [0.2, 0.25) is 4.34 Å². The highest BCUT2D eigenvalue weighted by molar-refractivity contribution is 7.18. The number of ether oxygens (including phenoxy) is 1. The first kappa shape index (κ1) is 34.1. The zero-order chi connectivity index (χ0) is 32.6. The lowest BCUT2D eigenvalue weighted by atomic mass is 9.97. The highest BCUT2D eigenvalue weighted by Gasteiger charge is 2.45. The van der Waals surface area contributed by atoms with E-state index in [4.69, 9.17) is 16.3 Å². The monoisotopic (exact) mass is 648 g/mol. The first-order chi connectivity index (χ1) is 20.7. The van der Waals surface area contributed by atoms with Crippen molar-refractivity contribution in [3.63, 3.8) is 0 Å². The van der Waals surface area contributed by atoms with Gasteiger partial charge in [0.05, 0.1) is 34.0 Å². The number of Topliss-reactive ketones (excluding diaryl/α,β-unsaturated/α-hetero) is 1. The molecule has 0 aliphatic rings. The number of carbonyl (C=O) groups is 4. The highest BCUT2D eigenvalue weighted by Crippen LogP contribution is 2.24. The van der Waals surface area contributed by atoms with E-state index >= 15 is 0 Å². The molecule has 3 N–H and O–H groups in total. The van der Waals surface area contributed by atoms with E-state index in [1.54, 1.807) is 18.2 Å². The molecule has 9 nitrogen and oxygen atoms in total. The van der Waals surface area contributed by atoms with Gasteiger partial charge in [-0.25, -0.2) is 0 Å². The summed E-state index contributed by atoms with van der Waals surface area (Å²) in [7, 11) is 1.41. The summed E-state index contributed by atoms with van der Waals surface area (Å²) in [6, 6.07) is 12.3. The lowest BCUT2D eigenvalue weighted by molar-refractivity contribution is -0.175. The summed E-state index contributed by atoms with van der Waals surface area (Å²) in [5, 5.41) is 16.5. The molecule has 0 radical (unpaired) electrons. The predicted octanol–water partition coefficient (Wildman–Crippen LogP) is 4.75. The second-order valence-electron chi connectivity index (χ2n) is 9.95. The minimum absolute atomic E-state index is 0.107. The number of halogens is 4. The summed E-state index contributed by atoms with van der Waals surface area (Å²) >= 11 is 6.93. The van der Waals surface area contributed by atoms with Crippen LogP contribution in [-0.4, -0.2) is 48.9 Å². The fourth-order valence-corrected chi connectivity index (χ4v) is 5.11. The standard InChI is InChI=1S/C30H28ClF3N4O5S/c1-16(2)24(26(39)30(32,33)34)37-29(42)25(19-7-9-20(43-3)10-8-19)38-27(40)21(14-17-5-4-6-18(13-17)15-35)36-28(41)22-11-12-23(31)44-22/h4-13,16,21,24-25H,14H2,1-3H3,(H,36,41)(H,37,42)(H,38,40). The Bertz CT molecular complexity index is 1550. The second-order valence-corrected chi connectivity index (χ2v) is 11.7. The molecule has 0 aliphatic carbocycles. The van der Waals surface area contributed by atoms with Gasteiger partial charge in [0.25, 0.3) is 11.7 Å². The van der Waals surface area contributed by atoms with E-state index in [0.29, 0.717) is 21.2 Å². The quantitative estimate of drug-likeness (QED) is 0.259. The van der Waals surface area contributed by atoms with Crippen LogP contribution in [0.5, 0.6) is 5.75 Å². The van der Waals surface area contributed by atoms with Crippen molar-refractivity contribution in [2.75, 3.05) is 7.11 Å². The van der Waals surface area contributed by atoms with Crippen LogP contribution in [0.4, 0.5) is 13.2 Å². The Kier molecular flexibility index (Phi) is 11.5. The molecular weight excluding hydrogens is 621 g/mol. The second kappa shape index (κ2) is 14.9. The minimum atomic E-state index is -5.21. The first-order valence-electron chi connectivity index (χ1n) is 13.1. The summed E-state index contributed by atoms with van der Waals surface area (Å²) in [6.45, 7) is 2.68. The van der Waals surface area contributed by atoms with E-state index in [9.17, 15) is 37.6 Å². The van der Waals surface area contributed by atoms with Crippen LogP contribution in [0.25, 0.3) is 0 Å². The van der Waals surface area contributed by atoms with Crippen molar-refractivity contribution in [1.29, 1.82) is 5.26 Å². The van der Waals surface area contributed by atoms with Gasteiger partial charge in [0.1, 0.15) is 17.8 Å². The summed E-state index contributed by atoms with van der Waals surface area (Å²) in [5.74, 6) is -5.25. The maximum absolute atomic E-state index is 13.7. The molecule has 3 rings (SSSR count). The van der Waals surface area contributed by atoms with E-state index < -0.39 is 53.7 Å². The number of hydrogen-bond donors (Lipinski definition) is 3. The van der Waals surface area contributed by atoms with E-state index in [0.717, 1.165) is 11.3 Å². The Hall–Kier alpha value is -4.41. The van der Waals surface area contributed by atoms with Gasteiger partial charge in [-0.1, -0.05) is 49.7 Å². The third-order valence-corrected chi connectivity index (χ3v) is 7.67. The van der Waals surface area contributed by atoms with Crippen LogP contribution in [0, 0.1) is 17.2 Å². The zero-order valence-corrected chi connectivity index (χ0v) is 25.3. The number of nitrogens with zero attached hydrogens (tertiary/aromatic N) is 1. The molecule has 0 saturated heterocycles. The normalized spacial score (nSPS) is 13.2. The average Bonchev–Trinajstić information content (AvgIpc) is 3.43. The Morgan fingerprint density at radius 3 is 2.20 bits per heavy atom. The Morgan fingerprint density at radius 1 is 0.977 bits per heavy atom. The lowest BCUT2D eigenvalue weighted by Crippen LogP contribution is -2.55. The average molecular weight is 649 g/mol. The number of benzene rings is 2. The van der Waals surface area contributed by atoms with Crippen LogP contribution < -0.4 is 20.7 Å². The van der Waals surface area contributed by atoms with E-state index in [-0.39, 0.29) is 16.9 Å². The van der Waals surface area contributed by atoms with Gasteiger partial charge < -0.3 is 20.7 Å². The number of methoxy groups -OCH3 is 1. The molecule has 0 bridgehead atoms. The molecule has 3 amide bonds. The van der Waals surface area contributed by atoms with Crippen molar-refractivity contribution in [2.24, 2.45) is 5.92 Å². The molecule has 0 spiro atoms. The van der Waals surface area contributed by atoms with Crippen molar-refractivity contribution in [1.82, 2.24) is 16.0 Å². The first-order valence-corrected chi connectivity index (χ1v) is 14.3. The van der Waals surface area contributed by atoms with Crippen LogP contribution in [-0.2, 0) is 20.8 Å². The lowest BCUT2D eigenvalue weighted by Gasteiger charge is -2.27. The van der Waals surface area contributed by atoms with Gasteiger partial charge in [-0.2, -0.15) is 18.4 Å². The Balaban J connectivity index is 1.97. The molecule has 0 fully saturated rings. The van der Waals surface area contributed by atoms with E-state index in [2.05, 4.69) is 16.0 Å². The third-order valence-electron chi connectivity index (χ3n) is 6.44. The molecule has 14 heteroatoms. The largest absolute Gasteiger partial charge is 0.497 e. The van der Waals surface area contributed by atoms with Gasteiger partial charge in [-0.3, -0.25) is 19.2 Å². The SMILES string of the molecule is COc1ccc(C(NC(=O)C(Cc2cccc(C#N)c2)NC(=O)c2ccc(Cl)s2)C(=O)NC(C(=O)C(F)(F)F)C(C)C)cc1. The van der Waals surface area contributed by atoms with Gasteiger partial charge in [-0.15, -0.1) is 11.3 Å². The summed E-state index contributed by atoms with van der Waals surface area (Å²) in [5.41, 5.74) is 0.984. The van der Waals surface area contributed by atoms with Crippen molar-refractivity contribution in [2.45, 2.75) is 44.6 Å². The van der Waals surface area contributed by atoms with Crippen LogP contribution in [0.1, 0.15) is 46.3 Å². The van der Waals surface area contributed by atoms with E-state index in [1.807, 2.05) is 6.07 Å². The van der Waals surface area contributed by atoms with Crippen molar-refractivity contribution in [3.8, 4) is 11.8 Å². The molecule has 3 aromatic rings. The molecule has 0 saturated carbocycles. The smallest absolute Gasteiger partial charge is 0.452 e. The fourth-order valence-electron chi connectivity index (χ4n) is 4.17. The molecule has 0 aliphatic heterocycles. The molecule has 3 atom stereocenters. The van der Waals surface area contributed by atoms with Gasteiger partial charge >= 0.3 is 6.18 Å². The van der Waals surface area contributed by atoms with Gasteiger partial charge in [0.2, 0.25) is 11.8 Å². The molecule has 1 aromatic heterocycles. The van der Waals surface area contributed by atoms with Gasteiger partial charge in [0.15, 0.2) is 0 Å². The van der Waals surface area contributed by atoms with Crippen molar-refractivity contribution < 1.29 is 37.1 Å². The number of amides is 3. The number of rotatable bonds is 12. The minimum Gasteiger partial charge on any atom is -0.497 e. The van der Waals surface area contributed by atoms with Gasteiger partial charge in [-0.05, 0) is 53.4 Å². The van der Waals surface area contributed by atoms with Crippen molar-refractivity contribution >= 4 is 46.4 Å². The number of nitriles is 1. The number of alkyl halides is 3. The Morgan fingerprint density at radius 2 is 1.66 bits per heavy atom. The van der Waals surface area contributed by atoms with Crippen LogP contribution in [0.15, 0.2) is 60.7 Å². The highest BCUT2D eigenvalue weighted by atomic mass is 35.5. The number of carbonyl (C=O) groups excluding carboxylic acids is 4. The maximum Gasteiger partial charge on any atom is 0.452 e. The Labute approximate surface area is 260 Å². The summed E-state index contributed by atoms with van der Waals surface area (Å²) in [6.07, 6.45) is -5.32. The maximum atomic E-state index is 13.7. The molecule has 3 unspecified atom stereocenters. The molecular formula is C30H28ClF3N4O5S. The van der Waals surface area contributed by atoms with Crippen LogP contribution >= 0.6 is 22.9 Å². The number of hydrogen-bond acceptors (Lipinski definition) is 7. The zero-order valence-electron chi connectivity index (χ0n) is 23.7. The molecule has 2 aromatic carbocycles. The predicted molar refractivity (Wildman–Crippen MR) is 157 cm³/mol. The topological polar surface area (TPSA) is 137 Å². The summed E-state index contributed by atoms with van der Waals surface area (Å²) < 4.78 is 45.4. The summed E-state index contributed by atoms with van der Waals surface area (Å²) in [4.78, 5) is 52.5.